The fraction of sp³-hybridized carbons (Fsp3) is 0.292. The topological polar surface area (TPSA) is 148 Å². The van der Waals surface area contributed by atoms with Gasteiger partial charge in [-0.2, -0.15) is 0 Å². The summed E-state index contributed by atoms with van der Waals surface area (Å²) < 4.78 is 0. The van der Waals surface area contributed by atoms with Crippen molar-refractivity contribution in [3.63, 3.8) is 0 Å². The Morgan fingerprint density at radius 3 is 2.64 bits per heavy atom. The highest BCUT2D eigenvalue weighted by atomic mass is 16.4. The molecule has 0 bridgehead atoms. The largest absolute Gasteiger partial charge is 0.480 e. The Morgan fingerprint density at radius 2 is 1.91 bits per heavy atom. The number of aliphatic carboxylic acids is 1. The Labute approximate surface area is 190 Å². The third kappa shape index (κ3) is 4.59. The number of nitrogens with one attached hydrogen (secondary N) is 3. The summed E-state index contributed by atoms with van der Waals surface area (Å²) in [5.74, 6) is -2.37. The minimum absolute atomic E-state index is 0.138. The molecule has 4 atom stereocenters. The molecule has 1 aliphatic heterocycles. The zero-order chi connectivity index (χ0) is 23.7. The van der Waals surface area contributed by atoms with Crippen LogP contribution in [-0.2, 0) is 14.4 Å². The lowest BCUT2D eigenvalue weighted by atomic mass is 9.78. The third-order valence-corrected chi connectivity index (χ3v) is 5.96. The maximum atomic E-state index is 12.6. The van der Waals surface area contributed by atoms with Crippen molar-refractivity contribution in [2.45, 2.75) is 31.6 Å². The molecule has 172 valence electrons. The molecule has 6 N–H and O–H groups in total. The highest BCUT2D eigenvalue weighted by Crippen LogP contribution is 2.43. The summed E-state index contributed by atoms with van der Waals surface area (Å²) in [5.41, 5.74) is 3.51. The van der Waals surface area contributed by atoms with Crippen LogP contribution in [0.25, 0.3) is 5.57 Å². The van der Waals surface area contributed by atoms with Crippen molar-refractivity contribution in [1.82, 2.24) is 5.32 Å². The van der Waals surface area contributed by atoms with Crippen molar-refractivity contribution in [3.05, 3.63) is 65.2 Å². The van der Waals surface area contributed by atoms with Gasteiger partial charge in [0.2, 0.25) is 5.91 Å². The molecule has 33 heavy (non-hydrogen) atoms. The van der Waals surface area contributed by atoms with E-state index in [0.29, 0.717) is 33.6 Å². The lowest BCUT2D eigenvalue weighted by Crippen LogP contribution is -2.41. The second-order valence-corrected chi connectivity index (χ2v) is 8.26. The Morgan fingerprint density at radius 1 is 1.18 bits per heavy atom. The Kier molecular flexibility index (Phi) is 6.17. The van der Waals surface area contributed by atoms with Crippen molar-refractivity contribution < 1.29 is 29.7 Å². The molecule has 9 nitrogen and oxygen atoms in total. The van der Waals surface area contributed by atoms with Crippen molar-refractivity contribution in [1.29, 1.82) is 0 Å². The number of amides is 2. The van der Waals surface area contributed by atoms with Crippen LogP contribution < -0.4 is 16.0 Å². The molecule has 0 fully saturated rings. The van der Waals surface area contributed by atoms with Gasteiger partial charge in [0, 0.05) is 28.4 Å². The first-order valence-electron chi connectivity index (χ1n) is 10.6. The van der Waals surface area contributed by atoms with E-state index in [-0.39, 0.29) is 18.9 Å². The number of hydrogen-bond acceptors (Lipinski definition) is 6. The summed E-state index contributed by atoms with van der Waals surface area (Å²) >= 11 is 0. The fourth-order valence-electron chi connectivity index (χ4n) is 4.20. The molecular weight excluding hydrogens is 426 g/mol. The summed E-state index contributed by atoms with van der Waals surface area (Å²) in [6, 6.07) is 11.3. The predicted molar refractivity (Wildman–Crippen MR) is 121 cm³/mol. The van der Waals surface area contributed by atoms with Crippen molar-refractivity contribution in [3.8, 4) is 0 Å². The molecule has 2 aromatic rings. The minimum atomic E-state index is -1.13. The van der Waals surface area contributed by atoms with Crippen LogP contribution in [0.4, 0.5) is 11.4 Å². The molecule has 4 rings (SSSR count). The van der Waals surface area contributed by atoms with Crippen LogP contribution in [0.1, 0.15) is 42.2 Å². The number of carboxylic acids is 1. The number of hydrogen-bond donors (Lipinski definition) is 6. The lowest BCUT2D eigenvalue weighted by molar-refractivity contribution is -0.141. The van der Waals surface area contributed by atoms with Crippen molar-refractivity contribution >= 4 is 34.7 Å². The second-order valence-electron chi connectivity index (χ2n) is 8.26. The maximum absolute atomic E-state index is 12.6. The van der Waals surface area contributed by atoms with Gasteiger partial charge < -0.3 is 31.3 Å². The van der Waals surface area contributed by atoms with Gasteiger partial charge in [-0.3, -0.25) is 14.4 Å². The smallest absolute Gasteiger partial charge is 0.325 e. The summed E-state index contributed by atoms with van der Waals surface area (Å²) in [7, 11) is 0. The molecular formula is C24H25N3O6. The molecule has 2 aliphatic rings. The normalized spacial score (nSPS) is 23.3. The molecule has 0 saturated carbocycles. The zero-order valence-corrected chi connectivity index (χ0v) is 17.9. The molecule has 2 amide bonds. The average Bonchev–Trinajstić information content (AvgIpc) is 3.10. The molecule has 1 heterocycles. The van der Waals surface area contributed by atoms with Crippen LogP contribution in [0.2, 0.25) is 0 Å². The monoisotopic (exact) mass is 451 g/mol. The van der Waals surface area contributed by atoms with Crippen molar-refractivity contribution in [2.75, 3.05) is 17.2 Å². The quantitative estimate of drug-likeness (QED) is 0.367. The maximum Gasteiger partial charge on any atom is 0.325 e. The molecule has 0 spiro atoms. The Bertz CT molecular complexity index is 1140. The van der Waals surface area contributed by atoms with E-state index in [4.69, 9.17) is 5.11 Å². The number of anilines is 2. The molecule has 1 aliphatic carbocycles. The predicted octanol–water partition coefficient (Wildman–Crippen LogP) is 1.81. The van der Waals surface area contributed by atoms with Crippen LogP contribution >= 0.6 is 0 Å². The van der Waals surface area contributed by atoms with E-state index in [0.717, 1.165) is 0 Å². The molecule has 9 heteroatoms. The number of carbonyl (C=O) groups is 3. The van der Waals surface area contributed by atoms with E-state index in [1.165, 1.54) is 6.92 Å². The van der Waals surface area contributed by atoms with E-state index < -0.39 is 36.0 Å². The summed E-state index contributed by atoms with van der Waals surface area (Å²) in [5, 5.41) is 38.3. The van der Waals surface area contributed by atoms with Gasteiger partial charge in [0.25, 0.3) is 5.91 Å². The summed E-state index contributed by atoms with van der Waals surface area (Å²) in [6.45, 7) is 1.24. The summed E-state index contributed by atoms with van der Waals surface area (Å²) in [4.78, 5) is 35.4. The van der Waals surface area contributed by atoms with Gasteiger partial charge in [0.15, 0.2) is 0 Å². The number of aliphatic hydroxyl groups excluding tert-OH is 2. The van der Waals surface area contributed by atoms with Crippen LogP contribution in [-0.4, -0.2) is 45.7 Å². The zero-order valence-electron chi connectivity index (χ0n) is 17.9. The fourth-order valence-corrected chi connectivity index (χ4v) is 4.20. The first kappa shape index (κ1) is 22.5. The van der Waals surface area contributed by atoms with E-state index in [1.807, 2.05) is 6.07 Å². The number of aliphatic hydroxyl groups is 2. The minimum Gasteiger partial charge on any atom is -0.480 e. The number of benzene rings is 2. The first-order valence-corrected chi connectivity index (χ1v) is 10.6. The van der Waals surface area contributed by atoms with Gasteiger partial charge in [-0.25, -0.2) is 0 Å². The van der Waals surface area contributed by atoms with Crippen LogP contribution in [0.15, 0.2) is 48.5 Å². The summed E-state index contributed by atoms with van der Waals surface area (Å²) in [6.07, 6.45) is 0.380. The number of fused-ring (bicyclic) bond motifs is 2. The van der Waals surface area contributed by atoms with Gasteiger partial charge in [0.05, 0.1) is 18.8 Å². The van der Waals surface area contributed by atoms with Crippen LogP contribution in [0.5, 0.6) is 0 Å². The Hall–Kier alpha value is -3.69. The first-order chi connectivity index (χ1) is 15.7. The SMILES string of the molecule is C[C@H](NC(=O)CNc1ccc2c(c1)C(=CC1CC(O)c3ccccc3C1O)C(=O)N2)C(=O)O. The molecule has 2 aromatic carbocycles. The van der Waals surface area contributed by atoms with Gasteiger partial charge in [-0.15, -0.1) is 0 Å². The van der Waals surface area contributed by atoms with E-state index in [1.54, 1.807) is 42.5 Å². The molecule has 0 radical (unpaired) electrons. The lowest BCUT2D eigenvalue weighted by Gasteiger charge is -2.31. The van der Waals surface area contributed by atoms with Gasteiger partial charge in [0.1, 0.15) is 6.04 Å². The average molecular weight is 451 g/mol. The van der Waals surface area contributed by atoms with Gasteiger partial charge >= 0.3 is 5.97 Å². The standard InChI is InChI=1S/C24H25N3O6/c1-12(24(32)33)26-21(29)11-25-14-6-7-19-17(10-14)18(23(31)27-19)8-13-9-20(28)15-4-2-3-5-16(15)22(13)30/h2-8,10,12-13,20,22,25,28,30H,9,11H2,1H3,(H,26,29)(H,27,31)(H,32,33)/t12-,13?,20?,22?/m0/s1. The van der Waals surface area contributed by atoms with Crippen LogP contribution in [0.3, 0.4) is 0 Å². The van der Waals surface area contributed by atoms with E-state index in [2.05, 4.69) is 16.0 Å². The van der Waals surface area contributed by atoms with Crippen molar-refractivity contribution in [2.24, 2.45) is 5.92 Å². The third-order valence-electron chi connectivity index (χ3n) is 5.96. The molecule has 0 saturated heterocycles. The highest BCUT2D eigenvalue weighted by molar-refractivity contribution is 6.31. The highest BCUT2D eigenvalue weighted by Gasteiger charge is 2.34. The second kappa shape index (κ2) is 9.05. The van der Waals surface area contributed by atoms with E-state index in [9.17, 15) is 24.6 Å². The van der Waals surface area contributed by atoms with Crippen LogP contribution in [0, 0.1) is 5.92 Å². The number of rotatable bonds is 6. The molecule has 0 aromatic heterocycles. The molecule has 3 unspecified atom stereocenters. The van der Waals surface area contributed by atoms with Gasteiger partial charge in [-0.05, 0) is 42.7 Å². The van der Waals surface area contributed by atoms with Gasteiger partial charge in [-0.1, -0.05) is 30.3 Å². The number of carbonyl (C=O) groups excluding carboxylic acids is 2. The van der Waals surface area contributed by atoms with E-state index >= 15 is 0 Å². The number of carboxylic acid groups (broad SMARTS) is 1. The Balaban J connectivity index is 1.53.